The van der Waals surface area contributed by atoms with Gasteiger partial charge < -0.3 is 5.11 Å². The van der Waals surface area contributed by atoms with Crippen molar-refractivity contribution in [1.29, 1.82) is 0 Å². The Bertz CT molecular complexity index is 512. The van der Waals surface area contributed by atoms with Gasteiger partial charge in [0, 0.05) is 4.88 Å². The summed E-state index contributed by atoms with van der Waals surface area (Å²) in [6.07, 6.45) is 0. The molecule has 1 rings (SSSR count). The molecule has 1 heterocycles. The first-order chi connectivity index (χ1) is 7.71. The van der Waals surface area contributed by atoms with Crippen LogP contribution in [0.3, 0.4) is 0 Å². The smallest absolute Gasteiger partial charge is 0.345 e. The van der Waals surface area contributed by atoms with E-state index in [0.29, 0.717) is 5.56 Å². The molecule has 0 amide bonds. The van der Waals surface area contributed by atoms with Crippen molar-refractivity contribution in [3.05, 3.63) is 21.4 Å². The third kappa shape index (κ3) is 4.12. The lowest BCUT2D eigenvalue weighted by molar-refractivity contribution is 0.0702. The Balaban J connectivity index is 2.92. The predicted molar refractivity (Wildman–Crippen MR) is 68.3 cm³/mol. The highest BCUT2D eigenvalue weighted by atomic mass is 32.2. The van der Waals surface area contributed by atoms with E-state index in [4.69, 9.17) is 5.11 Å². The predicted octanol–water partition coefficient (Wildman–Crippen LogP) is 2.33. The number of hydrogen-bond acceptors (Lipinski definition) is 4. The first-order valence-corrected chi connectivity index (χ1v) is 7.88. The molecule has 0 aliphatic carbocycles. The average molecular weight is 276 g/mol. The molecule has 0 unspecified atom stereocenters. The van der Waals surface area contributed by atoms with Gasteiger partial charge in [0.2, 0.25) is 0 Å². The van der Waals surface area contributed by atoms with Crippen molar-refractivity contribution in [2.45, 2.75) is 26.5 Å². The van der Waals surface area contributed by atoms with Gasteiger partial charge in [0.05, 0.1) is 11.5 Å². The van der Waals surface area contributed by atoms with E-state index in [1.807, 2.05) is 13.8 Å². The molecule has 96 valence electrons. The number of carboxylic acid groups (broad SMARTS) is 1. The first kappa shape index (κ1) is 14.2. The first-order valence-electron chi connectivity index (χ1n) is 5.24. The Labute approximate surface area is 105 Å². The topological polar surface area (TPSA) is 71.4 Å². The van der Waals surface area contributed by atoms with Crippen LogP contribution in [0.2, 0.25) is 0 Å². The molecule has 0 aliphatic rings. The van der Waals surface area contributed by atoms with E-state index in [9.17, 15) is 13.2 Å². The minimum Gasteiger partial charge on any atom is -0.477 e. The van der Waals surface area contributed by atoms with E-state index in [1.54, 1.807) is 6.92 Å². The van der Waals surface area contributed by atoms with Gasteiger partial charge in [-0.1, -0.05) is 13.8 Å². The fraction of sp³-hybridized carbons (Fsp3) is 0.545. The van der Waals surface area contributed by atoms with Gasteiger partial charge in [-0.3, -0.25) is 0 Å². The highest BCUT2D eigenvalue weighted by Gasteiger charge is 2.18. The summed E-state index contributed by atoms with van der Waals surface area (Å²) in [6.45, 7) is 5.44. The minimum atomic E-state index is -3.16. The SMILES string of the molecule is Cc1sc(C(=O)O)cc1CS(=O)(=O)CC(C)C. The lowest BCUT2D eigenvalue weighted by atomic mass is 10.3. The van der Waals surface area contributed by atoms with Crippen LogP contribution in [0.5, 0.6) is 0 Å². The summed E-state index contributed by atoms with van der Waals surface area (Å²) < 4.78 is 23.6. The second-order valence-electron chi connectivity index (χ2n) is 4.45. The molecule has 1 aromatic heterocycles. The van der Waals surface area contributed by atoms with Crippen molar-refractivity contribution in [2.24, 2.45) is 5.92 Å². The zero-order valence-electron chi connectivity index (χ0n) is 10.1. The third-order valence-corrected chi connectivity index (χ3v) is 5.20. The van der Waals surface area contributed by atoms with Crippen LogP contribution in [-0.2, 0) is 15.6 Å². The maximum Gasteiger partial charge on any atom is 0.345 e. The van der Waals surface area contributed by atoms with Crippen LogP contribution >= 0.6 is 11.3 Å². The van der Waals surface area contributed by atoms with Crippen LogP contribution < -0.4 is 0 Å². The molecular formula is C11H16O4S2. The van der Waals surface area contributed by atoms with Crippen LogP contribution in [0.25, 0.3) is 0 Å². The molecule has 6 heteroatoms. The Kier molecular flexibility index (Phi) is 4.32. The van der Waals surface area contributed by atoms with Crippen LogP contribution in [-0.4, -0.2) is 25.2 Å². The molecule has 0 fully saturated rings. The van der Waals surface area contributed by atoms with Crippen molar-refractivity contribution in [2.75, 3.05) is 5.75 Å². The molecule has 4 nitrogen and oxygen atoms in total. The second-order valence-corrected chi connectivity index (χ2v) is 7.81. The average Bonchev–Trinajstić information content (AvgIpc) is 2.44. The van der Waals surface area contributed by atoms with Gasteiger partial charge in [-0.15, -0.1) is 11.3 Å². The number of aryl methyl sites for hydroxylation is 1. The van der Waals surface area contributed by atoms with Gasteiger partial charge in [-0.25, -0.2) is 13.2 Å². The second kappa shape index (κ2) is 5.18. The summed E-state index contributed by atoms with van der Waals surface area (Å²) in [7, 11) is -3.16. The monoisotopic (exact) mass is 276 g/mol. The molecule has 0 spiro atoms. The Morgan fingerprint density at radius 1 is 1.47 bits per heavy atom. The summed E-state index contributed by atoms with van der Waals surface area (Å²) in [5.41, 5.74) is 0.605. The number of sulfone groups is 1. The summed E-state index contributed by atoms with van der Waals surface area (Å²) in [5, 5.41) is 8.83. The quantitative estimate of drug-likeness (QED) is 0.896. The molecule has 0 radical (unpaired) electrons. The zero-order valence-corrected chi connectivity index (χ0v) is 11.7. The van der Waals surface area contributed by atoms with Crippen molar-refractivity contribution in [3.8, 4) is 0 Å². The van der Waals surface area contributed by atoms with Gasteiger partial charge in [0.25, 0.3) is 0 Å². The Hall–Kier alpha value is -0.880. The lowest BCUT2D eigenvalue weighted by Crippen LogP contribution is -2.13. The normalized spacial score (nSPS) is 12.0. The number of aromatic carboxylic acids is 1. The zero-order chi connectivity index (χ0) is 13.2. The van der Waals surface area contributed by atoms with E-state index in [2.05, 4.69) is 0 Å². The van der Waals surface area contributed by atoms with E-state index >= 15 is 0 Å². The van der Waals surface area contributed by atoms with Crippen molar-refractivity contribution < 1.29 is 18.3 Å². The van der Waals surface area contributed by atoms with E-state index < -0.39 is 15.8 Å². The van der Waals surface area contributed by atoms with E-state index in [1.165, 1.54) is 6.07 Å². The highest BCUT2D eigenvalue weighted by Crippen LogP contribution is 2.24. The summed E-state index contributed by atoms with van der Waals surface area (Å²) in [5.74, 6) is -0.866. The maximum absolute atomic E-state index is 11.8. The van der Waals surface area contributed by atoms with Crippen molar-refractivity contribution in [3.63, 3.8) is 0 Å². The van der Waals surface area contributed by atoms with Crippen molar-refractivity contribution >= 4 is 27.1 Å². The molecular weight excluding hydrogens is 260 g/mol. The molecule has 0 saturated carbocycles. The Morgan fingerprint density at radius 3 is 2.47 bits per heavy atom. The number of hydrogen-bond donors (Lipinski definition) is 1. The summed E-state index contributed by atoms with van der Waals surface area (Å²) in [6, 6.07) is 1.46. The molecule has 0 atom stereocenters. The Morgan fingerprint density at radius 2 is 2.06 bits per heavy atom. The number of thiophene rings is 1. The number of carbonyl (C=O) groups is 1. The van der Waals surface area contributed by atoms with Gasteiger partial charge in [0.15, 0.2) is 9.84 Å². The molecule has 0 saturated heterocycles. The standard InChI is InChI=1S/C11H16O4S2/c1-7(2)5-17(14,15)6-9-4-10(11(12)13)16-8(9)3/h4,7H,5-6H2,1-3H3,(H,12,13). The van der Waals surface area contributed by atoms with Gasteiger partial charge in [0.1, 0.15) is 4.88 Å². The molecule has 1 N–H and O–H groups in total. The van der Waals surface area contributed by atoms with Crippen molar-refractivity contribution in [1.82, 2.24) is 0 Å². The fourth-order valence-corrected chi connectivity index (χ4v) is 4.45. The highest BCUT2D eigenvalue weighted by molar-refractivity contribution is 7.90. The molecule has 1 aromatic rings. The minimum absolute atomic E-state index is 0.0687. The van der Waals surface area contributed by atoms with Crippen LogP contribution in [0.4, 0.5) is 0 Å². The van der Waals surface area contributed by atoms with Crippen LogP contribution in [0.15, 0.2) is 6.07 Å². The molecule has 0 aromatic carbocycles. The van der Waals surface area contributed by atoms with Crippen LogP contribution in [0, 0.1) is 12.8 Å². The largest absolute Gasteiger partial charge is 0.477 e. The number of rotatable bonds is 5. The van der Waals surface area contributed by atoms with Crippen LogP contribution in [0.1, 0.15) is 34.0 Å². The third-order valence-electron chi connectivity index (χ3n) is 2.19. The molecule has 17 heavy (non-hydrogen) atoms. The molecule has 0 bridgehead atoms. The van der Waals surface area contributed by atoms with E-state index in [0.717, 1.165) is 16.2 Å². The lowest BCUT2D eigenvalue weighted by Gasteiger charge is -2.06. The summed E-state index contributed by atoms with van der Waals surface area (Å²) in [4.78, 5) is 11.7. The van der Waals surface area contributed by atoms with Gasteiger partial charge in [-0.05, 0) is 24.5 Å². The maximum atomic E-state index is 11.8. The summed E-state index contributed by atoms with van der Waals surface area (Å²) >= 11 is 1.12. The molecule has 0 aliphatic heterocycles. The number of carboxylic acids is 1. The van der Waals surface area contributed by atoms with Gasteiger partial charge >= 0.3 is 5.97 Å². The van der Waals surface area contributed by atoms with E-state index in [-0.39, 0.29) is 22.3 Å². The fourth-order valence-electron chi connectivity index (χ4n) is 1.57. The van der Waals surface area contributed by atoms with Gasteiger partial charge in [-0.2, -0.15) is 0 Å².